The molecule has 19 heavy (non-hydrogen) atoms. The van der Waals surface area contributed by atoms with Crippen LogP contribution in [0.1, 0.15) is 45.5 Å². The predicted octanol–water partition coefficient (Wildman–Crippen LogP) is 3.15. The van der Waals surface area contributed by atoms with Gasteiger partial charge in [0.05, 0.1) is 21.5 Å². The molecule has 0 saturated carbocycles. The Morgan fingerprint density at radius 2 is 2.05 bits per heavy atom. The summed E-state index contributed by atoms with van der Waals surface area (Å²) in [4.78, 5) is 12.2. The SMILES string of the molecule is CCc1nn(CC)c(CC(=O)CC(C)(C)OC)c1Br. The van der Waals surface area contributed by atoms with Gasteiger partial charge >= 0.3 is 0 Å². The highest BCUT2D eigenvalue weighted by atomic mass is 79.9. The third kappa shape index (κ3) is 4.14. The lowest BCUT2D eigenvalue weighted by molar-refractivity contribution is -0.123. The highest BCUT2D eigenvalue weighted by molar-refractivity contribution is 9.10. The van der Waals surface area contributed by atoms with Crippen molar-refractivity contribution in [3.05, 3.63) is 15.9 Å². The van der Waals surface area contributed by atoms with E-state index in [4.69, 9.17) is 4.74 Å². The van der Waals surface area contributed by atoms with Gasteiger partial charge in [-0.05, 0) is 43.1 Å². The minimum atomic E-state index is -0.409. The Bertz CT molecular complexity index is 453. The van der Waals surface area contributed by atoms with Gasteiger partial charge in [-0.3, -0.25) is 9.48 Å². The number of rotatable bonds is 7. The van der Waals surface area contributed by atoms with E-state index in [1.165, 1.54) is 0 Å². The Balaban J connectivity index is 2.87. The number of carbonyl (C=O) groups excluding carboxylic acids is 1. The van der Waals surface area contributed by atoms with Gasteiger partial charge in [0.1, 0.15) is 5.78 Å². The molecule has 0 bridgehead atoms. The van der Waals surface area contributed by atoms with E-state index in [0.717, 1.165) is 28.8 Å². The summed E-state index contributed by atoms with van der Waals surface area (Å²) < 4.78 is 8.18. The molecule has 0 radical (unpaired) electrons. The van der Waals surface area contributed by atoms with Crippen LogP contribution in [0.5, 0.6) is 0 Å². The average Bonchev–Trinajstić information content (AvgIpc) is 2.65. The summed E-state index contributed by atoms with van der Waals surface area (Å²) in [5.41, 5.74) is 1.57. The number of hydrogen-bond acceptors (Lipinski definition) is 3. The van der Waals surface area contributed by atoms with Crippen LogP contribution in [-0.2, 0) is 28.9 Å². The molecular formula is C14H23BrN2O2. The summed E-state index contributed by atoms with van der Waals surface area (Å²) in [5.74, 6) is 0.171. The van der Waals surface area contributed by atoms with Crippen molar-refractivity contribution >= 4 is 21.7 Å². The second-order valence-electron chi connectivity index (χ2n) is 5.23. The molecule has 0 aliphatic rings. The summed E-state index contributed by atoms with van der Waals surface area (Å²) in [6.45, 7) is 8.72. The van der Waals surface area contributed by atoms with Crippen LogP contribution in [0.3, 0.4) is 0 Å². The molecule has 0 N–H and O–H groups in total. The molecule has 0 aromatic carbocycles. The van der Waals surface area contributed by atoms with E-state index in [1.54, 1.807) is 7.11 Å². The van der Waals surface area contributed by atoms with Crippen molar-refractivity contribution in [2.45, 2.75) is 59.1 Å². The van der Waals surface area contributed by atoms with Gasteiger partial charge in [-0.25, -0.2) is 0 Å². The first kappa shape index (κ1) is 16.4. The van der Waals surface area contributed by atoms with Crippen LogP contribution in [0.2, 0.25) is 0 Å². The predicted molar refractivity (Wildman–Crippen MR) is 79.4 cm³/mol. The van der Waals surface area contributed by atoms with Gasteiger partial charge in [-0.1, -0.05) is 6.92 Å². The van der Waals surface area contributed by atoms with Crippen LogP contribution in [0.15, 0.2) is 4.47 Å². The number of ketones is 1. The van der Waals surface area contributed by atoms with Gasteiger partial charge in [0.2, 0.25) is 0 Å². The topological polar surface area (TPSA) is 44.1 Å². The van der Waals surface area contributed by atoms with E-state index < -0.39 is 5.60 Å². The van der Waals surface area contributed by atoms with Crippen LogP contribution < -0.4 is 0 Å². The van der Waals surface area contributed by atoms with E-state index >= 15 is 0 Å². The Morgan fingerprint density at radius 1 is 1.42 bits per heavy atom. The summed E-state index contributed by atoms with van der Waals surface area (Å²) in [6.07, 6.45) is 1.67. The van der Waals surface area contributed by atoms with Crippen molar-refractivity contribution in [2.75, 3.05) is 7.11 Å². The molecule has 0 aliphatic heterocycles. The number of methoxy groups -OCH3 is 1. The molecular weight excluding hydrogens is 308 g/mol. The van der Waals surface area contributed by atoms with Crippen molar-refractivity contribution in [1.29, 1.82) is 0 Å². The van der Waals surface area contributed by atoms with E-state index in [2.05, 4.69) is 28.0 Å². The molecule has 0 aliphatic carbocycles. The lowest BCUT2D eigenvalue weighted by atomic mass is 9.99. The molecule has 0 atom stereocenters. The average molecular weight is 331 g/mol. The molecule has 0 saturated heterocycles. The first-order chi connectivity index (χ1) is 8.84. The second kappa shape index (κ2) is 6.66. The fourth-order valence-electron chi connectivity index (χ4n) is 1.98. The molecule has 108 valence electrons. The number of hydrogen-bond donors (Lipinski definition) is 0. The van der Waals surface area contributed by atoms with Crippen LogP contribution in [0.4, 0.5) is 0 Å². The van der Waals surface area contributed by atoms with Gasteiger partial charge in [-0.15, -0.1) is 0 Å². The molecule has 5 heteroatoms. The minimum absolute atomic E-state index is 0.171. The highest BCUT2D eigenvalue weighted by Crippen LogP contribution is 2.24. The largest absolute Gasteiger partial charge is 0.378 e. The van der Waals surface area contributed by atoms with Crippen molar-refractivity contribution in [3.63, 3.8) is 0 Å². The maximum atomic E-state index is 12.2. The zero-order chi connectivity index (χ0) is 14.6. The molecule has 4 nitrogen and oxygen atoms in total. The molecule has 1 heterocycles. The molecule has 1 rings (SSSR count). The number of Topliss-reactive ketones (excluding diaryl/α,β-unsaturated/α-hetero) is 1. The number of ether oxygens (including phenoxy) is 1. The van der Waals surface area contributed by atoms with Crippen LogP contribution in [-0.4, -0.2) is 28.3 Å². The van der Waals surface area contributed by atoms with Crippen molar-refractivity contribution in [3.8, 4) is 0 Å². The first-order valence-electron chi connectivity index (χ1n) is 6.65. The molecule has 1 aromatic heterocycles. The van der Waals surface area contributed by atoms with Gasteiger partial charge in [0.25, 0.3) is 0 Å². The first-order valence-corrected chi connectivity index (χ1v) is 7.44. The number of aromatic nitrogens is 2. The quantitative estimate of drug-likeness (QED) is 0.771. The zero-order valence-electron chi connectivity index (χ0n) is 12.4. The third-order valence-electron chi connectivity index (χ3n) is 3.23. The summed E-state index contributed by atoms with van der Waals surface area (Å²) in [6, 6.07) is 0. The molecule has 0 amide bonds. The van der Waals surface area contributed by atoms with Crippen LogP contribution in [0.25, 0.3) is 0 Å². The van der Waals surface area contributed by atoms with Gasteiger partial charge in [0.15, 0.2) is 0 Å². The minimum Gasteiger partial charge on any atom is -0.378 e. The van der Waals surface area contributed by atoms with Crippen molar-refractivity contribution in [1.82, 2.24) is 9.78 Å². The standard InChI is InChI=1S/C14H23BrN2O2/c1-6-11-13(15)12(17(7-2)16-11)8-10(18)9-14(3,4)19-5/h6-9H2,1-5H3. The van der Waals surface area contributed by atoms with Crippen LogP contribution >= 0.6 is 15.9 Å². The lowest BCUT2D eigenvalue weighted by Crippen LogP contribution is -2.27. The molecule has 0 unspecified atom stereocenters. The number of nitrogens with zero attached hydrogens (tertiary/aromatic N) is 2. The normalized spacial score (nSPS) is 11.9. The zero-order valence-corrected chi connectivity index (χ0v) is 14.0. The number of aryl methyl sites for hydroxylation is 2. The Hall–Kier alpha value is -0.680. The van der Waals surface area contributed by atoms with E-state index in [1.807, 2.05) is 25.5 Å². The summed E-state index contributed by atoms with van der Waals surface area (Å²) in [5, 5.41) is 4.50. The van der Waals surface area contributed by atoms with E-state index in [-0.39, 0.29) is 5.78 Å². The van der Waals surface area contributed by atoms with E-state index in [0.29, 0.717) is 12.8 Å². The highest BCUT2D eigenvalue weighted by Gasteiger charge is 2.23. The monoisotopic (exact) mass is 330 g/mol. The summed E-state index contributed by atoms with van der Waals surface area (Å²) >= 11 is 3.56. The number of halogens is 1. The van der Waals surface area contributed by atoms with Crippen molar-refractivity contribution in [2.24, 2.45) is 0 Å². The van der Waals surface area contributed by atoms with Crippen molar-refractivity contribution < 1.29 is 9.53 Å². The van der Waals surface area contributed by atoms with Gasteiger partial charge in [0, 0.05) is 26.5 Å². The molecule has 0 fully saturated rings. The Morgan fingerprint density at radius 3 is 2.53 bits per heavy atom. The number of carbonyl (C=O) groups is 1. The van der Waals surface area contributed by atoms with Gasteiger partial charge in [-0.2, -0.15) is 5.10 Å². The maximum absolute atomic E-state index is 12.2. The fraction of sp³-hybridized carbons (Fsp3) is 0.714. The third-order valence-corrected chi connectivity index (χ3v) is 4.15. The molecule has 0 spiro atoms. The summed E-state index contributed by atoms with van der Waals surface area (Å²) in [7, 11) is 1.63. The Labute approximate surface area is 123 Å². The Kier molecular flexibility index (Phi) is 5.74. The lowest BCUT2D eigenvalue weighted by Gasteiger charge is -2.21. The van der Waals surface area contributed by atoms with Crippen LogP contribution in [0, 0.1) is 0 Å². The maximum Gasteiger partial charge on any atom is 0.141 e. The van der Waals surface area contributed by atoms with Gasteiger partial charge < -0.3 is 4.74 Å². The smallest absolute Gasteiger partial charge is 0.141 e. The molecule has 1 aromatic rings. The second-order valence-corrected chi connectivity index (χ2v) is 6.03. The van der Waals surface area contributed by atoms with E-state index in [9.17, 15) is 4.79 Å². The fourth-order valence-corrected chi connectivity index (χ4v) is 2.69.